The van der Waals surface area contributed by atoms with Gasteiger partial charge in [0.2, 0.25) is 5.88 Å². The van der Waals surface area contributed by atoms with Crippen molar-refractivity contribution in [3.8, 4) is 17.4 Å². The number of ether oxygens (including phenoxy) is 2. The number of pyridine rings is 1. The van der Waals surface area contributed by atoms with E-state index in [0.29, 0.717) is 44.2 Å². The second-order valence-corrected chi connectivity index (χ2v) is 14.5. The minimum Gasteiger partial charge on any atom is -0.484 e. The number of hydrogen-bond acceptors (Lipinski definition) is 7. The highest BCUT2D eigenvalue weighted by Gasteiger charge is 2.29. The molecule has 17 heteroatoms. The molecule has 6 rings (SSSR count). The molecule has 0 bridgehead atoms. The molecule has 0 saturated carbocycles. The molecule has 1 saturated heterocycles. The smallest absolute Gasteiger partial charge is 0.422 e. The lowest BCUT2D eigenvalue weighted by Gasteiger charge is -2.34. The Morgan fingerprint density at radius 3 is 2.27 bits per heavy atom. The molecule has 3 heterocycles. The van der Waals surface area contributed by atoms with Gasteiger partial charge in [-0.05, 0) is 54.1 Å². The van der Waals surface area contributed by atoms with Gasteiger partial charge in [0.25, 0.3) is 15.9 Å². The Hall–Kier alpha value is -4.21. The zero-order valence-electron chi connectivity index (χ0n) is 26.8. The lowest BCUT2D eigenvalue weighted by atomic mass is 10.2. The maximum absolute atomic E-state index is 13.6. The fourth-order valence-electron chi connectivity index (χ4n) is 5.51. The number of nitrogens with zero attached hydrogens (tertiary/aromatic N) is 4. The van der Waals surface area contributed by atoms with Crippen LogP contribution in [0.4, 0.5) is 18.9 Å². The van der Waals surface area contributed by atoms with Gasteiger partial charge in [0.05, 0.1) is 32.5 Å². The predicted molar refractivity (Wildman–Crippen MR) is 189 cm³/mol. The van der Waals surface area contributed by atoms with E-state index in [4.69, 9.17) is 44.3 Å². The number of hydrogen-bond donors (Lipinski definition) is 1. The van der Waals surface area contributed by atoms with Gasteiger partial charge in [0.15, 0.2) is 6.61 Å². The van der Waals surface area contributed by atoms with Crippen molar-refractivity contribution >= 4 is 67.3 Å². The van der Waals surface area contributed by atoms with Gasteiger partial charge >= 0.3 is 6.18 Å². The number of aromatic nitrogens is 2. The van der Waals surface area contributed by atoms with Gasteiger partial charge in [-0.15, -0.1) is 0 Å². The van der Waals surface area contributed by atoms with Gasteiger partial charge in [-0.3, -0.25) is 14.4 Å². The van der Waals surface area contributed by atoms with Crippen molar-refractivity contribution in [1.29, 1.82) is 0 Å². The summed E-state index contributed by atoms with van der Waals surface area (Å²) in [4.78, 5) is 21.5. The number of alkyl halides is 3. The molecule has 5 aromatic rings. The fraction of sp³-hybridized carbons (Fsp3) is 0.235. The highest BCUT2D eigenvalue weighted by atomic mass is 35.5. The summed E-state index contributed by atoms with van der Waals surface area (Å²) >= 11 is 18.0. The molecule has 1 N–H and O–H groups in total. The van der Waals surface area contributed by atoms with Crippen molar-refractivity contribution in [3.63, 3.8) is 0 Å². The number of anilines is 1. The Balaban J connectivity index is 1.05. The average Bonchev–Trinajstić information content (AvgIpc) is 3.42. The predicted octanol–water partition coefficient (Wildman–Crippen LogP) is 8.03. The second kappa shape index (κ2) is 14.8. The monoisotopic (exact) mass is 781 g/mol. The standard InChI is InChI=1S/C34H29Cl3F3N5O5S/c1-43-27-17-25(50-30-11-5-23(18-41-30)42-51(47,48)29-10-9-26(35)31(36)32(29)37)8-4-22(27)16-28(43)33(46)45-14-12-44(13-15-45)19-21-2-6-24(7-3-21)49-20-34(38,39)40/h2-11,16-18,42H,12-15,19-20H2,1H3. The van der Waals surface area contributed by atoms with Crippen LogP contribution in [-0.2, 0) is 23.6 Å². The number of piperazine rings is 1. The molecule has 3 aromatic carbocycles. The van der Waals surface area contributed by atoms with Crippen LogP contribution in [0.3, 0.4) is 0 Å². The van der Waals surface area contributed by atoms with E-state index >= 15 is 0 Å². The molecule has 268 valence electrons. The number of carbonyl (C=O) groups is 1. The molecule has 1 amide bonds. The molecule has 0 unspecified atom stereocenters. The van der Waals surface area contributed by atoms with Crippen molar-refractivity contribution in [2.45, 2.75) is 17.6 Å². The van der Waals surface area contributed by atoms with Crippen LogP contribution in [0.2, 0.25) is 15.1 Å². The topological polar surface area (TPSA) is 106 Å². The maximum atomic E-state index is 13.6. The Kier molecular flexibility index (Phi) is 10.6. The van der Waals surface area contributed by atoms with E-state index in [1.54, 1.807) is 40.8 Å². The molecule has 51 heavy (non-hydrogen) atoms. The van der Waals surface area contributed by atoms with Crippen LogP contribution in [0.15, 0.2) is 83.9 Å². The zero-order valence-corrected chi connectivity index (χ0v) is 29.8. The third-order valence-corrected chi connectivity index (χ3v) is 11.0. The molecule has 0 spiro atoms. The van der Waals surface area contributed by atoms with Crippen LogP contribution < -0.4 is 14.2 Å². The lowest BCUT2D eigenvalue weighted by molar-refractivity contribution is -0.153. The molecule has 0 aliphatic carbocycles. The molecule has 0 atom stereocenters. The van der Waals surface area contributed by atoms with Crippen molar-refractivity contribution in [2.24, 2.45) is 7.05 Å². The van der Waals surface area contributed by atoms with Crippen LogP contribution in [0.5, 0.6) is 17.4 Å². The number of carbonyl (C=O) groups excluding carboxylic acids is 1. The van der Waals surface area contributed by atoms with E-state index in [0.717, 1.165) is 16.5 Å². The average molecular weight is 783 g/mol. The zero-order chi connectivity index (χ0) is 36.5. The Bertz CT molecular complexity index is 2180. The molecular formula is C34H29Cl3F3N5O5S. The minimum absolute atomic E-state index is 0.0730. The number of nitrogens with one attached hydrogen (secondary N) is 1. The third-order valence-electron chi connectivity index (χ3n) is 8.13. The number of benzene rings is 3. The van der Waals surface area contributed by atoms with E-state index in [2.05, 4.69) is 14.6 Å². The fourth-order valence-corrected chi connectivity index (χ4v) is 7.53. The molecule has 2 aromatic heterocycles. The highest BCUT2D eigenvalue weighted by Crippen LogP contribution is 2.36. The highest BCUT2D eigenvalue weighted by molar-refractivity contribution is 7.92. The van der Waals surface area contributed by atoms with Crippen LogP contribution in [0.25, 0.3) is 10.9 Å². The van der Waals surface area contributed by atoms with Gasteiger partial charge in [-0.25, -0.2) is 13.4 Å². The molecular weight excluding hydrogens is 754 g/mol. The minimum atomic E-state index is -4.39. The van der Waals surface area contributed by atoms with Crippen LogP contribution in [0.1, 0.15) is 16.1 Å². The number of rotatable bonds is 10. The van der Waals surface area contributed by atoms with Crippen LogP contribution in [0, 0.1) is 0 Å². The van der Waals surface area contributed by atoms with Crippen LogP contribution >= 0.6 is 34.8 Å². The summed E-state index contributed by atoms with van der Waals surface area (Å²) in [5, 5.41) is 0.692. The SMILES string of the molecule is Cn1c(C(=O)N2CCN(Cc3ccc(OCC(F)(F)F)cc3)CC2)cc2ccc(Oc3ccc(NS(=O)(=O)c4ccc(Cl)c(Cl)c4Cl)cn3)cc21. The Morgan fingerprint density at radius 2 is 1.61 bits per heavy atom. The summed E-state index contributed by atoms with van der Waals surface area (Å²) in [5.74, 6) is 0.713. The van der Waals surface area contributed by atoms with Crippen molar-refractivity contribution in [3.05, 3.63) is 105 Å². The van der Waals surface area contributed by atoms with Gasteiger partial charge in [-0.1, -0.05) is 46.9 Å². The molecule has 10 nitrogen and oxygen atoms in total. The molecule has 1 fully saturated rings. The van der Waals surface area contributed by atoms with Crippen LogP contribution in [-0.4, -0.2) is 72.6 Å². The van der Waals surface area contributed by atoms with Crippen molar-refractivity contribution in [2.75, 3.05) is 37.5 Å². The first-order chi connectivity index (χ1) is 24.2. The van der Waals surface area contributed by atoms with Crippen molar-refractivity contribution < 1.29 is 35.9 Å². The third kappa shape index (κ3) is 8.64. The quantitative estimate of drug-likeness (QED) is 0.143. The van der Waals surface area contributed by atoms with Gasteiger partial charge in [-0.2, -0.15) is 13.2 Å². The van der Waals surface area contributed by atoms with Crippen molar-refractivity contribution in [1.82, 2.24) is 19.4 Å². The van der Waals surface area contributed by atoms with Gasteiger partial charge < -0.3 is 18.9 Å². The summed E-state index contributed by atoms with van der Waals surface area (Å²) in [7, 11) is -2.29. The molecule has 1 aliphatic heterocycles. The largest absolute Gasteiger partial charge is 0.484 e. The van der Waals surface area contributed by atoms with Gasteiger partial charge in [0.1, 0.15) is 22.1 Å². The maximum Gasteiger partial charge on any atom is 0.422 e. The number of halogens is 6. The van der Waals surface area contributed by atoms with E-state index in [1.165, 1.54) is 42.6 Å². The lowest BCUT2D eigenvalue weighted by Crippen LogP contribution is -2.48. The number of sulfonamides is 1. The summed E-state index contributed by atoms with van der Waals surface area (Å²) in [6.45, 7) is 1.56. The first kappa shape index (κ1) is 36.6. The van der Waals surface area contributed by atoms with E-state index in [9.17, 15) is 26.4 Å². The summed E-state index contributed by atoms with van der Waals surface area (Å²) in [6, 6.07) is 19.3. The van der Waals surface area contributed by atoms with E-state index in [-0.39, 0.29) is 43.2 Å². The molecule has 1 aliphatic rings. The first-order valence-electron chi connectivity index (χ1n) is 15.4. The summed E-state index contributed by atoms with van der Waals surface area (Å²) < 4.78 is 77.9. The molecule has 0 radical (unpaired) electrons. The second-order valence-electron chi connectivity index (χ2n) is 11.7. The number of aryl methyl sites for hydroxylation is 1. The number of fused-ring (bicyclic) bond motifs is 1. The normalized spacial score (nSPS) is 14.1. The Labute approximate surface area is 306 Å². The summed E-state index contributed by atoms with van der Waals surface area (Å²) in [5.41, 5.74) is 2.38. The van der Waals surface area contributed by atoms with Gasteiger partial charge in [0, 0.05) is 57.3 Å². The number of amides is 1. The Morgan fingerprint density at radius 1 is 0.902 bits per heavy atom. The van der Waals surface area contributed by atoms with E-state index < -0.39 is 22.8 Å². The first-order valence-corrected chi connectivity index (χ1v) is 18.0. The summed E-state index contributed by atoms with van der Waals surface area (Å²) in [6.07, 6.45) is -3.10. The van der Waals surface area contributed by atoms with E-state index in [1.807, 2.05) is 12.1 Å².